The number of piperazine rings is 1. The minimum atomic E-state index is -1.88. The minimum Gasteiger partial charge on any atom is -0.534 e. The Bertz CT molecular complexity index is 1310. The van der Waals surface area contributed by atoms with Crippen molar-refractivity contribution in [2.45, 2.75) is 31.7 Å². The number of nitrogens with one attached hydrogen (secondary N) is 2. The summed E-state index contributed by atoms with van der Waals surface area (Å²) in [5.74, 6) is -6.66. The average Bonchev–Trinajstić information content (AvgIpc) is 2.89. The van der Waals surface area contributed by atoms with Crippen LogP contribution >= 0.6 is 0 Å². The Morgan fingerprint density at radius 3 is 2.62 bits per heavy atom. The summed E-state index contributed by atoms with van der Waals surface area (Å²) in [6, 6.07) is 5.64. The number of aliphatic hydroxyl groups excluding tert-OH is 1. The topological polar surface area (TPSA) is 189 Å². The number of rotatable bonds is 8. The number of likely N-dealkylation sites (N-methyl/N-ethyl adjacent to an activating group) is 1. The second-order valence-electron chi connectivity index (χ2n) is 8.99. The van der Waals surface area contributed by atoms with Crippen LogP contribution in [0, 0.1) is 5.82 Å². The van der Waals surface area contributed by atoms with Crippen LogP contribution in [0.15, 0.2) is 36.4 Å². The molecular formula is C24H26BFN4O9. The lowest BCUT2D eigenvalue weighted by Gasteiger charge is -2.37. The number of phenolic OH excluding ortho intramolecular Hbond substituents is 1. The van der Waals surface area contributed by atoms with Crippen LogP contribution in [0.2, 0.25) is 0 Å². The number of aliphatic hydroxyl groups is 1. The molecule has 2 aromatic carbocycles. The summed E-state index contributed by atoms with van der Waals surface area (Å²) in [7, 11) is -1.67. The number of fused-ring (bicyclic) bond motifs is 1. The van der Waals surface area contributed by atoms with Gasteiger partial charge >= 0.3 is 24.9 Å². The van der Waals surface area contributed by atoms with Crippen LogP contribution in [0.1, 0.15) is 34.5 Å². The molecule has 0 radical (unpaired) electrons. The summed E-state index contributed by atoms with van der Waals surface area (Å²) in [6.45, 7) is 2.05. The number of para-hydroxylation sites is 1. The smallest absolute Gasteiger partial charge is 0.534 e. The number of aromatic carboxylic acids is 1. The van der Waals surface area contributed by atoms with Crippen molar-refractivity contribution in [1.82, 2.24) is 20.4 Å². The molecule has 1 saturated heterocycles. The highest BCUT2D eigenvalue weighted by molar-refractivity contribution is 6.47. The number of halogens is 1. The lowest BCUT2D eigenvalue weighted by Crippen LogP contribution is -2.62. The van der Waals surface area contributed by atoms with Gasteiger partial charge in [0, 0.05) is 31.3 Å². The van der Waals surface area contributed by atoms with Gasteiger partial charge in [0.05, 0.1) is 11.5 Å². The van der Waals surface area contributed by atoms with Crippen molar-refractivity contribution < 1.29 is 48.6 Å². The molecule has 39 heavy (non-hydrogen) atoms. The fourth-order valence-corrected chi connectivity index (χ4v) is 4.50. The Kier molecular flexibility index (Phi) is 8.04. The maximum absolute atomic E-state index is 14.8. The number of hydrogen-bond donors (Lipinski definition) is 6. The molecule has 15 heteroatoms. The molecule has 0 saturated carbocycles. The van der Waals surface area contributed by atoms with Crippen LogP contribution in [0.4, 0.5) is 4.39 Å². The predicted molar refractivity (Wildman–Crippen MR) is 132 cm³/mol. The maximum Gasteiger partial charge on any atom is 0.547 e. The number of carboxylic acids is 1. The molecule has 0 spiro atoms. The molecule has 206 valence electrons. The number of aromatic hydroxyl groups is 1. The maximum atomic E-state index is 14.8. The van der Waals surface area contributed by atoms with Crippen LogP contribution in [0.25, 0.3) is 0 Å². The molecule has 4 rings (SSSR count). The molecule has 2 aliphatic rings. The second kappa shape index (κ2) is 11.3. The SMILES string of the molecule is CCN1CCN(C(O)NC(C(=O)N[C@H]2Cc3cccc(C(=O)O)c3OB2O)c2ccc(O)cc2F)C(=O)C1=O. The van der Waals surface area contributed by atoms with E-state index in [0.717, 1.165) is 23.1 Å². The standard InChI is InChI=1S/C24H26BFN4O9/c1-2-29-8-9-30(22(34)21(29)33)24(37)28-18(14-7-6-13(31)11-16(14)26)20(32)27-17-10-12-4-3-5-15(23(35)36)19(12)39-25(17)38/h3-7,11,17-18,24,28,31,37-38H,2,8-10H2,1H3,(H,27,32)(H,35,36)/t17-,18?,24?/m0/s1. The molecule has 1 fully saturated rings. The summed E-state index contributed by atoms with van der Waals surface area (Å²) in [5, 5.41) is 45.2. The fraction of sp³-hybridized carbons (Fsp3) is 0.333. The van der Waals surface area contributed by atoms with Gasteiger partial charge in [-0.2, -0.15) is 0 Å². The molecule has 0 bridgehead atoms. The lowest BCUT2D eigenvalue weighted by molar-refractivity contribution is -0.166. The third-order valence-electron chi connectivity index (χ3n) is 6.57. The van der Waals surface area contributed by atoms with Gasteiger partial charge in [-0.05, 0) is 31.0 Å². The first-order chi connectivity index (χ1) is 18.5. The van der Waals surface area contributed by atoms with Crippen molar-refractivity contribution in [2.24, 2.45) is 0 Å². The van der Waals surface area contributed by atoms with E-state index in [1.807, 2.05) is 0 Å². The monoisotopic (exact) mass is 544 g/mol. The predicted octanol–water partition coefficient (Wildman–Crippen LogP) is -1.03. The summed E-state index contributed by atoms with van der Waals surface area (Å²) in [4.78, 5) is 51.8. The van der Waals surface area contributed by atoms with Gasteiger partial charge in [0.2, 0.25) is 5.91 Å². The van der Waals surface area contributed by atoms with Gasteiger partial charge in [0.1, 0.15) is 23.4 Å². The van der Waals surface area contributed by atoms with E-state index in [2.05, 4.69) is 10.6 Å². The van der Waals surface area contributed by atoms with E-state index in [9.17, 15) is 43.9 Å². The number of carboxylic acid groups (broad SMARTS) is 1. The van der Waals surface area contributed by atoms with E-state index in [-0.39, 0.29) is 42.9 Å². The number of nitrogens with zero attached hydrogens (tertiary/aromatic N) is 2. The average molecular weight is 544 g/mol. The number of carbonyl (C=O) groups excluding carboxylic acids is 3. The van der Waals surface area contributed by atoms with Gasteiger partial charge < -0.3 is 35.2 Å². The minimum absolute atomic E-state index is 0.0390. The van der Waals surface area contributed by atoms with Crippen molar-refractivity contribution in [3.63, 3.8) is 0 Å². The molecule has 2 unspecified atom stereocenters. The van der Waals surface area contributed by atoms with E-state index >= 15 is 0 Å². The second-order valence-corrected chi connectivity index (χ2v) is 8.99. The Hall–Kier alpha value is -4.21. The molecule has 0 aliphatic carbocycles. The van der Waals surface area contributed by atoms with Crippen molar-refractivity contribution in [1.29, 1.82) is 0 Å². The first-order valence-corrected chi connectivity index (χ1v) is 12.0. The Morgan fingerprint density at radius 2 is 1.95 bits per heavy atom. The van der Waals surface area contributed by atoms with Crippen LogP contribution in [-0.2, 0) is 20.8 Å². The van der Waals surface area contributed by atoms with E-state index < -0.39 is 60.7 Å². The zero-order chi connectivity index (χ0) is 28.4. The highest BCUT2D eigenvalue weighted by Crippen LogP contribution is 2.30. The third-order valence-corrected chi connectivity index (χ3v) is 6.57. The first-order valence-electron chi connectivity index (χ1n) is 12.0. The van der Waals surface area contributed by atoms with Gasteiger partial charge in [-0.25, -0.2) is 9.18 Å². The van der Waals surface area contributed by atoms with Crippen LogP contribution < -0.4 is 15.3 Å². The molecule has 2 aromatic rings. The lowest BCUT2D eigenvalue weighted by atomic mass is 9.72. The number of benzene rings is 2. The van der Waals surface area contributed by atoms with Gasteiger partial charge in [-0.1, -0.05) is 18.2 Å². The Balaban J connectivity index is 1.57. The van der Waals surface area contributed by atoms with Crippen LogP contribution in [-0.4, -0.2) is 92.9 Å². The molecule has 13 nitrogen and oxygen atoms in total. The zero-order valence-corrected chi connectivity index (χ0v) is 20.7. The summed E-state index contributed by atoms with van der Waals surface area (Å²) in [6.07, 6.45) is -1.92. The summed E-state index contributed by atoms with van der Waals surface area (Å²) >= 11 is 0. The summed E-state index contributed by atoms with van der Waals surface area (Å²) < 4.78 is 20.2. The van der Waals surface area contributed by atoms with Crippen molar-refractivity contribution in [3.05, 3.63) is 58.9 Å². The fourth-order valence-electron chi connectivity index (χ4n) is 4.50. The largest absolute Gasteiger partial charge is 0.547 e. The first kappa shape index (κ1) is 27.8. The van der Waals surface area contributed by atoms with E-state index in [0.29, 0.717) is 5.56 Å². The van der Waals surface area contributed by atoms with Crippen molar-refractivity contribution >= 4 is 30.8 Å². The molecule has 0 aromatic heterocycles. The third kappa shape index (κ3) is 5.65. The summed E-state index contributed by atoms with van der Waals surface area (Å²) in [5.41, 5.74) is -0.0913. The molecule has 2 aliphatic heterocycles. The van der Waals surface area contributed by atoms with Gasteiger partial charge in [0.25, 0.3) is 0 Å². The zero-order valence-electron chi connectivity index (χ0n) is 20.7. The quantitative estimate of drug-likeness (QED) is 0.136. The molecule has 3 atom stereocenters. The Labute approximate surface area is 221 Å². The number of amides is 3. The molecule has 2 heterocycles. The number of hydrogen-bond acceptors (Lipinski definition) is 9. The Morgan fingerprint density at radius 1 is 1.21 bits per heavy atom. The number of phenols is 1. The normalized spacial score (nSPS) is 18.8. The van der Waals surface area contributed by atoms with E-state index in [1.54, 1.807) is 13.0 Å². The molecule has 6 N–H and O–H groups in total. The number of carbonyl (C=O) groups is 4. The highest BCUT2D eigenvalue weighted by atomic mass is 19.1. The van der Waals surface area contributed by atoms with Crippen molar-refractivity contribution in [2.75, 3.05) is 19.6 Å². The van der Waals surface area contributed by atoms with Crippen LogP contribution in [0.3, 0.4) is 0 Å². The molecule has 3 amide bonds. The molecular weight excluding hydrogens is 518 g/mol. The van der Waals surface area contributed by atoms with Gasteiger partial charge in [0.15, 0.2) is 6.35 Å². The van der Waals surface area contributed by atoms with E-state index in [1.165, 1.54) is 17.0 Å². The van der Waals surface area contributed by atoms with E-state index in [4.69, 9.17) is 4.65 Å². The van der Waals surface area contributed by atoms with Gasteiger partial charge in [-0.15, -0.1) is 0 Å². The van der Waals surface area contributed by atoms with Gasteiger partial charge in [-0.3, -0.25) is 24.6 Å². The van der Waals surface area contributed by atoms with Crippen molar-refractivity contribution in [3.8, 4) is 11.5 Å². The highest BCUT2D eigenvalue weighted by Gasteiger charge is 2.41. The van der Waals surface area contributed by atoms with Crippen LogP contribution in [0.5, 0.6) is 11.5 Å².